The molecule has 1 aliphatic heterocycles. The Morgan fingerprint density at radius 1 is 1.28 bits per heavy atom. The minimum atomic E-state index is 0.00604. The molecule has 0 aliphatic carbocycles. The molecule has 0 spiro atoms. The van der Waals surface area contributed by atoms with E-state index in [1.54, 1.807) is 0 Å². The van der Waals surface area contributed by atoms with Crippen molar-refractivity contribution >= 4 is 16.9 Å². The second-order valence-corrected chi connectivity index (χ2v) is 6.73. The number of imidazole rings is 1. The predicted molar refractivity (Wildman–Crippen MR) is 96.4 cm³/mol. The maximum absolute atomic E-state index is 12.7. The van der Waals surface area contributed by atoms with Crippen LogP contribution in [-0.4, -0.2) is 33.4 Å². The van der Waals surface area contributed by atoms with Gasteiger partial charge in [-0.3, -0.25) is 4.79 Å². The number of furan rings is 1. The van der Waals surface area contributed by atoms with Crippen LogP contribution in [0, 0.1) is 5.92 Å². The molecule has 1 aromatic carbocycles. The molecule has 0 bridgehead atoms. The summed E-state index contributed by atoms with van der Waals surface area (Å²) in [6, 6.07) is 9.60. The molecule has 3 aromatic rings. The zero-order chi connectivity index (χ0) is 17.2. The van der Waals surface area contributed by atoms with Gasteiger partial charge in [0.25, 0.3) is 5.91 Å². The van der Waals surface area contributed by atoms with Crippen molar-refractivity contribution in [2.45, 2.75) is 32.7 Å². The van der Waals surface area contributed by atoms with E-state index in [1.807, 2.05) is 41.4 Å². The van der Waals surface area contributed by atoms with Gasteiger partial charge < -0.3 is 13.9 Å². The first-order valence-corrected chi connectivity index (χ1v) is 9.02. The number of hydrogen-bond donors (Lipinski definition) is 0. The molecule has 3 heterocycles. The van der Waals surface area contributed by atoms with Crippen molar-refractivity contribution in [3.8, 4) is 0 Å². The van der Waals surface area contributed by atoms with Crippen molar-refractivity contribution in [3.05, 3.63) is 54.3 Å². The van der Waals surface area contributed by atoms with Gasteiger partial charge in [0, 0.05) is 43.8 Å². The first-order chi connectivity index (χ1) is 12.2. The summed E-state index contributed by atoms with van der Waals surface area (Å²) < 4.78 is 7.97. The van der Waals surface area contributed by atoms with Gasteiger partial charge in [-0.05, 0) is 30.9 Å². The summed E-state index contributed by atoms with van der Waals surface area (Å²) >= 11 is 0. The maximum Gasteiger partial charge on any atom is 0.289 e. The molecule has 0 radical (unpaired) electrons. The lowest BCUT2D eigenvalue weighted by Gasteiger charge is -2.31. The number of hydrogen-bond acceptors (Lipinski definition) is 3. The first-order valence-electron chi connectivity index (χ1n) is 9.02. The van der Waals surface area contributed by atoms with Crippen LogP contribution in [0.4, 0.5) is 0 Å². The monoisotopic (exact) mass is 337 g/mol. The number of aromatic nitrogens is 2. The van der Waals surface area contributed by atoms with E-state index < -0.39 is 0 Å². The predicted octanol–water partition coefficient (Wildman–Crippen LogP) is 3.74. The fourth-order valence-electron chi connectivity index (χ4n) is 3.66. The molecule has 1 saturated heterocycles. The quantitative estimate of drug-likeness (QED) is 0.729. The fraction of sp³-hybridized carbons (Fsp3) is 0.400. The number of amides is 1. The molecule has 130 valence electrons. The molecule has 1 fully saturated rings. The lowest BCUT2D eigenvalue weighted by Crippen LogP contribution is -2.39. The Hall–Kier alpha value is -2.56. The molecule has 0 N–H and O–H groups in total. The van der Waals surface area contributed by atoms with Crippen molar-refractivity contribution in [2.75, 3.05) is 13.1 Å². The number of fused-ring (bicyclic) bond motifs is 1. The van der Waals surface area contributed by atoms with Crippen molar-refractivity contribution in [1.82, 2.24) is 14.5 Å². The van der Waals surface area contributed by atoms with Gasteiger partial charge in [-0.15, -0.1) is 0 Å². The second kappa shape index (κ2) is 6.75. The van der Waals surface area contributed by atoms with E-state index in [1.165, 1.54) is 0 Å². The number of piperidine rings is 1. The summed E-state index contributed by atoms with van der Waals surface area (Å²) in [5.74, 6) is 2.19. The van der Waals surface area contributed by atoms with Gasteiger partial charge in [0.1, 0.15) is 11.4 Å². The minimum Gasteiger partial charge on any atom is -0.451 e. The summed E-state index contributed by atoms with van der Waals surface area (Å²) in [7, 11) is 0. The highest BCUT2D eigenvalue weighted by molar-refractivity contribution is 5.96. The lowest BCUT2D eigenvalue weighted by atomic mass is 9.96. The van der Waals surface area contributed by atoms with Crippen LogP contribution in [0.25, 0.3) is 11.0 Å². The number of aryl methyl sites for hydroxylation is 1. The Bertz CT molecular complexity index is 839. The lowest BCUT2D eigenvalue weighted by molar-refractivity contribution is 0.0653. The van der Waals surface area contributed by atoms with E-state index in [9.17, 15) is 4.79 Å². The largest absolute Gasteiger partial charge is 0.451 e. The molecular weight excluding hydrogens is 314 g/mol. The number of carbonyl (C=O) groups is 1. The number of carbonyl (C=O) groups excluding carboxylic acids is 1. The molecule has 0 unspecified atom stereocenters. The number of nitrogens with zero attached hydrogens (tertiary/aromatic N) is 3. The summed E-state index contributed by atoms with van der Waals surface area (Å²) in [6.45, 7) is 4.71. The maximum atomic E-state index is 12.7. The molecular formula is C20H23N3O2. The zero-order valence-electron chi connectivity index (χ0n) is 14.5. The third-order valence-corrected chi connectivity index (χ3v) is 5.11. The highest BCUT2D eigenvalue weighted by Gasteiger charge is 2.26. The Labute approximate surface area is 147 Å². The molecule has 0 atom stereocenters. The molecule has 1 amide bonds. The van der Waals surface area contributed by atoms with Crippen molar-refractivity contribution < 1.29 is 9.21 Å². The van der Waals surface area contributed by atoms with Gasteiger partial charge in [-0.25, -0.2) is 4.98 Å². The van der Waals surface area contributed by atoms with Gasteiger partial charge in [-0.1, -0.05) is 25.1 Å². The number of benzene rings is 1. The molecule has 1 aliphatic rings. The highest BCUT2D eigenvalue weighted by Crippen LogP contribution is 2.24. The fourth-order valence-corrected chi connectivity index (χ4v) is 3.66. The van der Waals surface area contributed by atoms with E-state index in [4.69, 9.17) is 4.42 Å². The Kier molecular flexibility index (Phi) is 4.30. The van der Waals surface area contributed by atoms with Gasteiger partial charge in [0.15, 0.2) is 5.76 Å². The minimum absolute atomic E-state index is 0.00604. The molecule has 5 heteroatoms. The van der Waals surface area contributed by atoms with Crippen LogP contribution in [0.15, 0.2) is 47.1 Å². The molecule has 2 aromatic heterocycles. The van der Waals surface area contributed by atoms with E-state index in [0.29, 0.717) is 11.7 Å². The third-order valence-electron chi connectivity index (χ3n) is 5.11. The Morgan fingerprint density at radius 2 is 2.08 bits per heavy atom. The molecule has 25 heavy (non-hydrogen) atoms. The summed E-state index contributed by atoms with van der Waals surface area (Å²) in [5, 5.41) is 0.980. The van der Waals surface area contributed by atoms with Gasteiger partial charge in [-0.2, -0.15) is 0 Å². The van der Waals surface area contributed by atoms with Crippen molar-refractivity contribution in [1.29, 1.82) is 0 Å². The van der Waals surface area contributed by atoms with Crippen LogP contribution in [0.1, 0.15) is 36.1 Å². The zero-order valence-corrected chi connectivity index (χ0v) is 14.5. The average molecular weight is 337 g/mol. The summed E-state index contributed by atoms with van der Waals surface area (Å²) in [4.78, 5) is 19.0. The van der Waals surface area contributed by atoms with Crippen LogP contribution in [0.5, 0.6) is 0 Å². The standard InChI is InChI=1S/C20H23N3O2/c1-2-19-21-9-12-23(19)14-15-7-10-22(11-8-15)20(24)18-13-16-5-3-4-6-17(16)25-18/h3-6,9,12-13,15H,2,7-8,10-11,14H2,1H3. The van der Waals surface area contributed by atoms with Crippen molar-refractivity contribution in [2.24, 2.45) is 5.92 Å². The third kappa shape index (κ3) is 3.18. The number of likely N-dealkylation sites (tertiary alicyclic amines) is 1. The average Bonchev–Trinajstić information content (AvgIpc) is 3.28. The van der Waals surface area contributed by atoms with Crippen LogP contribution in [0.2, 0.25) is 0 Å². The first kappa shape index (κ1) is 15.9. The molecule has 5 nitrogen and oxygen atoms in total. The van der Waals surface area contributed by atoms with Crippen LogP contribution in [-0.2, 0) is 13.0 Å². The van der Waals surface area contributed by atoms with Crippen LogP contribution < -0.4 is 0 Å². The molecule has 4 rings (SSSR count). The smallest absolute Gasteiger partial charge is 0.289 e. The number of para-hydroxylation sites is 1. The molecule has 0 saturated carbocycles. The van der Waals surface area contributed by atoms with Crippen LogP contribution in [0.3, 0.4) is 0 Å². The highest BCUT2D eigenvalue weighted by atomic mass is 16.3. The topological polar surface area (TPSA) is 51.3 Å². The van der Waals surface area contributed by atoms with E-state index in [2.05, 4.69) is 22.7 Å². The van der Waals surface area contributed by atoms with E-state index in [0.717, 1.165) is 55.7 Å². The summed E-state index contributed by atoms with van der Waals surface area (Å²) in [6.07, 6.45) is 6.93. The van der Waals surface area contributed by atoms with Gasteiger partial charge >= 0.3 is 0 Å². The Morgan fingerprint density at radius 3 is 2.84 bits per heavy atom. The number of rotatable bonds is 4. The Balaban J connectivity index is 1.38. The second-order valence-electron chi connectivity index (χ2n) is 6.73. The summed E-state index contributed by atoms with van der Waals surface area (Å²) in [5.41, 5.74) is 0.771. The van der Waals surface area contributed by atoms with Crippen molar-refractivity contribution in [3.63, 3.8) is 0 Å². The van der Waals surface area contributed by atoms with Crippen LogP contribution >= 0.6 is 0 Å². The normalized spacial score (nSPS) is 15.8. The SMILES string of the molecule is CCc1nccn1CC1CCN(C(=O)c2cc3ccccc3o2)CC1. The van der Waals surface area contributed by atoms with Gasteiger partial charge in [0.05, 0.1) is 0 Å². The van der Waals surface area contributed by atoms with E-state index in [-0.39, 0.29) is 5.91 Å². The van der Waals surface area contributed by atoms with E-state index >= 15 is 0 Å². The van der Waals surface area contributed by atoms with Gasteiger partial charge in [0.2, 0.25) is 0 Å².